The summed E-state index contributed by atoms with van der Waals surface area (Å²) in [5.41, 5.74) is -0.372. The maximum Gasteiger partial charge on any atom is 0.408 e. The van der Waals surface area contributed by atoms with Crippen molar-refractivity contribution in [1.82, 2.24) is 14.5 Å². The first-order valence-corrected chi connectivity index (χ1v) is 7.25. The molecule has 0 aliphatic rings. The summed E-state index contributed by atoms with van der Waals surface area (Å²) in [6.07, 6.45) is -3.18. The molecule has 0 radical (unpaired) electrons. The van der Waals surface area contributed by atoms with Crippen LogP contribution < -0.4 is 10.3 Å². The third kappa shape index (κ3) is 4.25. The third-order valence-electron chi connectivity index (χ3n) is 2.77. The van der Waals surface area contributed by atoms with E-state index >= 15 is 0 Å². The van der Waals surface area contributed by atoms with Gasteiger partial charge < -0.3 is 0 Å². The molecule has 1 atom stereocenters. The Kier molecular flexibility index (Phi) is 5.15. The van der Waals surface area contributed by atoms with Crippen LogP contribution in [0.5, 0.6) is 0 Å². The molecule has 0 spiro atoms. The second-order valence-electron chi connectivity index (χ2n) is 4.40. The van der Waals surface area contributed by atoms with E-state index in [0.29, 0.717) is 21.9 Å². The first kappa shape index (κ1) is 16.9. The highest BCUT2D eigenvalue weighted by atomic mass is 35.5. The van der Waals surface area contributed by atoms with Crippen LogP contribution in [0.4, 0.5) is 13.2 Å². The molecule has 1 heterocycles. The van der Waals surface area contributed by atoms with Crippen LogP contribution in [0.2, 0.25) is 5.02 Å². The van der Waals surface area contributed by atoms with Gasteiger partial charge in [0.25, 0.3) is 5.56 Å². The van der Waals surface area contributed by atoms with Crippen LogP contribution in [-0.4, -0.2) is 16.0 Å². The number of halogens is 4. The van der Waals surface area contributed by atoms with Crippen molar-refractivity contribution in [3.05, 3.63) is 57.5 Å². The summed E-state index contributed by atoms with van der Waals surface area (Å²) < 4.78 is 42.9. The van der Waals surface area contributed by atoms with E-state index in [1.54, 1.807) is 0 Å². The van der Waals surface area contributed by atoms with E-state index < -0.39 is 17.8 Å². The maximum absolute atomic E-state index is 13.2. The summed E-state index contributed by atoms with van der Waals surface area (Å²) in [4.78, 5) is 11.7. The number of nitrogens with zero attached hydrogens (tertiary/aromatic N) is 2. The third-order valence-corrected chi connectivity index (χ3v) is 3.83. The van der Waals surface area contributed by atoms with E-state index in [1.807, 2.05) is 0 Å². The highest BCUT2D eigenvalue weighted by Crippen LogP contribution is 2.35. The van der Waals surface area contributed by atoms with Gasteiger partial charge in [-0.05, 0) is 29.6 Å². The zero-order valence-corrected chi connectivity index (χ0v) is 12.8. The van der Waals surface area contributed by atoms with Crippen molar-refractivity contribution in [2.45, 2.75) is 17.1 Å². The van der Waals surface area contributed by atoms with Crippen molar-refractivity contribution >= 4 is 23.5 Å². The Morgan fingerprint density at radius 2 is 1.95 bits per heavy atom. The molecule has 118 valence electrons. The van der Waals surface area contributed by atoms with Crippen molar-refractivity contribution in [3.8, 4) is 0 Å². The monoisotopic (exact) mass is 349 g/mol. The van der Waals surface area contributed by atoms with Gasteiger partial charge >= 0.3 is 6.18 Å². The maximum atomic E-state index is 13.2. The molecule has 1 aromatic heterocycles. The normalized spacial score (nSPS) is 13.1. The number of rotatable bonds is 4. The molecule has 0 saturated heterocycles. The molecule has 0 amide bonds. The lowest BCUT2D eigenvalue weighted by Gasteiger charge is -2.21. The number of nitrogens with one attached hydrogen (secondary N) is 1. The van der Waals surface area contributed by atoms with Crippen molar-refractivity contribution in [1.29, 1.82) is 0 Å². The molecule has 1 unspecified atom stereocenters. The molecule has 2 rings (SSSR count). The predicted molar refractivity (Wildman–Crippen MR) is 78.7 cm³/mol. The van der Waals surface area contributed by atoms with Crippen molar-refractivity contribution in [2.24, 2.45) is 7.05 Å². The molecule has 1 aromatic carbocycles. The average molecular weight is 350 g/mol. The number of hydrogen-bond donors (Lipinski definition) is 1. The summed E-state index contributed by atoms with van der Waals surface area (Å²) in [5, 5.41) is 4.10. The molecule has 4 nitrogen and oxygen atoms in total. The summed E-state index contributed by atoms with van der Waals surface area (Å²) in [6.45, 7) is 0. The van der Waals surface area contributed by atoms with Crippen LogP contribution in [0.3, 0.4) is 0 Å². The fourth-order valence-corrected chi connectivity index (χ4v) is 2.52. The smallest absolute Gasteiger partial charge is 0.268 e. The molecule has 1 N–H and O–H groups in total. The summed E-state index contributed by atoms with van der Waals surface area (Å²) in [5.74, 6) is 0. The quantitative estimate of drug-likeness (QED) is 0.860. The van der Waals surface area contributed by atoms with Gasteiger partial charge in [0.05, 0.1) is 6.20 Å². The first-order chi connectivity index (χ1) is 10.3. The molecule has 0 fully saturated rings. The van der Waals surface area contributed by atoms with Crippen molar-refractivity contribution in [3.63, 3.8) is 0 Å². The number of aryl methyl sites for hydroxylation is 1. The minimum Gasteiger partial charge on any atom is -0.268 e. The second-order valence-corrected chi connectivity index (χ2v) is 5.75. The fraction of sp³-hybridized carbons (Fsp3) is 0.231. The summed E-state index contributed by atoms with van der Waals surface area (Å²) in [7, 11) is 1.45. The van der Waals surface area contributed by atoms with Gasteiger partial charge in [-0.15, -0.1) is 0 Å². The fourth-order valence-electron chi connectivity index (χ4n) is 1.61. The lowest BCUT2D eigenvalue weighted by Crippen LogP contribution is -2.30. The first-order valence-electron chi connectivity index (χ1n) is 6.05. The molecule has 22 heavy (non-hydrogen) atoms. The van der Waals surface area contributed by atoms with Gasteiger partial charge in [-0.25, -0.2) is 9.40 Å². The van der Waals surface area contributed by atoms with Crippen molar-refractivity contribution in [2.75, 3.05) is 0 Å². The Balaban J connectivity index is 2.19. The topological polar surface area (TPSA) is 46.9 Å². The van der Waals surface area contributed by atoms with E-state index in [2.05, 4.69) is 9.82 Å². The van der Waals surface area contributed by atoms with Crippen LogP contribution >= 0.6 is 23.5 Å². The average Bonchev–Trinajstić information content (AvgIpc) is 2.43. The molecule has 0 aliphatic heterocycles. The van der Waals surface area contributed by atoms with Gasteiger partial charge in [0.15, 0.2) is 0 Å². The number of aromatic nitrogens is 2. The Labute approximate surface area is 133 Å². The van der Waals surface area contributed by atoms with Gasteiger partial charge in [0, 0.05) is 23.0 Å². The van der Waals surface area contributed by atoms with E-state index in [9.17, 15) is 18.0 Å². The minimum absolute atomic E-state index is 0.0289. The van der Waals surface area contributed by atoms with Crippen molar-refractivity contribution < 1.29 is 13.2 Å². The largest absolute Gasteiger partial charge is 0.408 e. The minimum atomic E-state index is -4.49. The standard InChI is InChI=1S/C13H11ClF3N3OS/c1-20-11(21)6-10(7-18-20)22-19-12(13(15,16)17)8-2-4-9(14)5-3-8/h2-7,12,19H,1H3. The van der Waals surface area contributed by atoms with Gasteiger partial charge in [-0.3, -0.25) is 4.79 Å². The second kappa shape index (κ2) is 6.72. The molecule has 2 aromatic rings. The molecule has 0 aliphatic carbocycles. The van der Waals surface area contributed by atoms with Crippen LogP contribution in [0.25, 0.3) is 0 Å². The van der Waals surface area contributed by atoms with E-state index in [-0.39, 0.29) is 5.56 Å². The highest BCUT2D eigenvalue weighted by Gasteiger charge is 2.40. The zero-order chi connectivity index (χ0) is 16.3. The van der Waals surface area contributed by atoms with E-state index in [4.69, 9.17) is 11.6 Å². The molecular weight excluding hydrogens is 339 g/mol. The highest BCUT2D eigenvalue weighted by molar-refractivity contribution is 7.97. The lowest BCUT2D eigenvalue weighted by atomic mass is 10.1. The SMILES string of the molecule is Cn1ncc(SNC(c2ccc(Cl)cc2)C(F)(F)F)cc1=O. The lowest BCUT2D eigenvalue weighted by molar-refractivity contribution is -0.152. The Morgan fingerprint density at radius 3 is 2.50 bits per heavy atom. The molecule has 0 saturated carbocycles. The Morgan fingerprint density at radius 1 is 1.32 bits per heavy atom. The van der Waals surface area contributed by atoms with Gasteiger partial charge in [0.1, 0.15) is 6.04 Å². The van der Waals surface area contributed by atoms with Crippen LogP contribution in [-0.2, 0) is 7.05 Å². The van der Waals surface area contributed by atoms with Crippen LogP contribution in [0, 0.1) is 0 Å². The summed E-state index contributed by atoms with van der Waals surface area (Å²) in [6, 6.07) is 4.70. The summed E-state index contributed by atoms with van der Waals surface area (Å²) >= 11 is 6.38. The number of hydrogen-bond acceptors (Lipinski definition) is 4. The van der Waals surface area contributed by atoms with Crippen LogP contribution in [0.15, 0.2) is 46.2 Å². The van der Waals surface area contributed by atoms with E-state index in [1.165, 1.54) is 43.6 Å². The Bertz CT molecular complexity index is 703. The predicted octanol–water partition coefficient (Wildman–Crippen LogP) is 3.33. The Hall–Kier alpha value is -1.51. The van der Waals surface area contributed by atoms with Crippen LogP contribution in [0.1, 0.15) is 11.6 Å². The molecule has 9 heteroatoms. The van der Waals surface area contributed by atoms with Gasteiger partial charge in [0.2, 0.25) is 0 Å². The number of alkyl halides is 3. The zero-order valence-electron chi connectivity index (χ0n) is 11.3. The molecule has 0 bridgehead atoms. The van der Waals surface area contributed by atoms with Gasteiger partial charge in [-0.1, -0.05) is 23.7 Å². The number of benzene rings is 1. The van der Waals surface area contributed by atoms with Gasteiger partial charge in [-0.2, -0.15) is 18.3 Å². The molecular formula is C13H11ClF3N3OS. The van der Waals surface area contributed by atoms with E-state index in [0.717, 1.165) is 4.68 Å².